The van der Waals surface area contributed by atoms with Crippen LogP contribution in [0.2, 0.25) is 0 Å². The zero-order valence-electron chi connectivity index (χ0n) is 31.0. The number of carbonyl (C=O) groups is 1. The topological polar surface area (TPSA) is 46.3 Å². The van der Waals surface area contributed by atoms with Gasteiger partial charge in [-0.2, -0.15) is 0 Å². The molecule has 0 aromatic carbocycles. The second-order valence-corrected chi connectivity index (χ2v) is 13.8. The molecule has 0 aromatic rings. The highest BCUT2D eigenvalue weighted by atomic mass is 16.2. The average Bonchev–Trinajstić information content (AvgIpc) is 3.05. The summed E-state index contributed by atoms with van der Waals surface area (Å²) in [6.07, 6.45) is 51.4. The van der Waals surface area contributed by atoms with Crippen molar-refractivity contribution in [3.63, 3.8) is 0 Å². The van der Waals surface area contributed by atoms with Crippen LogP contribution in [0.4, 0.5) is 0 Å². The summed E-state index contributed by atoms with van der Waals surface area (Å²) in [7, 11) is 0. The van der Waals surface area contributed by atoms with Gasteiger partial charge in [0.05, 0.1) is 0 Å². The Kier molecular flexibility index (Phi) is 38.1. The summed E-state index contributed by atoms with van der Waals surface area (Å²) in [6.45, 7) is 7.10. The summed E-state index contributed by atoms with van der Waals surface area (Å²) in [5.74, 6) is 0.386. The smallest absolute Gasteiger partial charge is 0.222 e. The summed E-state index contributed by atoms with van der Waals surface area (Å²) in [5.41, 5.74) is 5.55. The van der Waals surface area contributed by atoms with Crippen molar-refractivity contribution in [2.75, 3.05) is 19.6 Å². The van der Waals surface area contributed by atoms with E-state index >= 15 is 0 Å². The van der Waals surface area contributed by atoms with Crippen LogP contribution in [0.25, 0.3) is 0 Å². The maximum atomic E-state index is 12.7. The zero-order valence-corrected chi connectivity index (χ0v) is 31.0. The first-order valence-electron chi connectivity index (χ1n) is 20.5. The van der Waals surface area contributed by atoms with Gasteiger partial charge in [0.25, 0.3) is 0 Å². The van der Waals surface area contributed by atoms with E-state index < -0.39 is 0 Å². The van der Waals surface area contributed by atoms with E-state index in [4.69, 9.17) is 5.73 Å². The fourth-order valence-electron chi connectivity index (χ4n) is 6.29. The number of carbonyl (C=O) groups excluding carboxylic acids is 1. The number of amides is 1. The van der Waals surface area contributed by atoms with Gasteiger partial charge in [-0.1, -0.05) is 160 Å². The first-order chi connectivity index (χ1) is 22.3. The Morgan fingerprint density at radius 2 is 0.778 bits per heavy atom. The van der Waals surface area contributed by atoms with Crippen LogP contribution in [0.3, 0.4) is 0 Å². The molecule has 0 saturated carbocycles. The van der Waals surface area contributed by atoms with Crippen molar-refractivity contribution in [2.24, 2.45) is 5.73 Å². The summed E-state index contributed by atoms with van der Waals surface area (Å²) in [4.78, 5) is 14.8. The number of hydrogen-bond donors (Lipinski definition) is 1. The van der Waals surface area contributed by atoms with Crippen LogP contribution in [0.1, 0.15) is 219 Å². The third-order valence-corrected chi connectivity index (χ3v) is 9.43. The van der Waals surface area contributed by atoms with Crippen LogP contribution in [-0.2, 0) is 4.79 Å². The quantitative estimate of drug-likeness (QED) is 0.0548. The van der Waals surface area contributed by atoms with Gasteiger partial charge in [-0.25, -0.2) is 0 Å². The molecule has 0 spiro atoms. The van der Waals surface area contributed by atoms with Crippen LogP contribution in [0, 0.1) is 0 Å². The molecule has 0 saturated heterocycles. The van der Waals surface area contributed by atoms with Crippen molar-refractivity contribution in [3.05, 3.63) is 24.3 Å². The number of allylic oxidation sites excluding steroid dienone is 4. The molecule has 0 aliphatic rings. The van der Waals surface area contributed by atoms with Gasteiger partial charge in [-0.05, 0) is 84.1 Å². The Hall–Kier alpha value is -1.09. The van der Waals surface area contributed by atoms with Crippen LogP contribution in [0.15, 0.2) is 24.3 Å². The maximum Gasteiger partial charge on any atom is 0.222 e. The maximum absolute atomic E-state index is 12.7. The number of unbranched alkanes of at least 4 members (excludes halogenated alkanes) is 27. The van der Waals surface area contributed by atoms with E-state index in [9.17, 15) is 4.79 Å². The van der Waals surface area contributed by atoms with Gasteiger partial charge < -0.3 is 10.6 Å². The molecule has 2 N–H and O–H groups in total. The average molecular weight is 631 g/mol. The highest BCUT2D eigenvalue weighted by Crippen LogP contribution is 2.14. The molecule has 45 heavy (non-hydrogen) atoms. The summed E-state index contributed by atoms with van der Waals surface area (Å²) >= 11 is 0. The molecule has 0 heterocycles. The molecule has 0 aliphatic heterocycles. The lowest BCUT2D eigenvalue weighted by molar-refractivity contribution is -0.131. The van der Waals surface area contributed by atoms with Gasteiger partial charge in [0.15, 0.2) is 0 Å². The Labute approximate surface area is 284 Å². The predicted molar refractivity (Wildman–Crippen MR) is 203 cm³/mol. The predicted octanol–water partition coefficient (Wildman–Crippen LogP) is 13.4. The highest BCUT2D eigenvalue weighted by Gasteiger charge is 2.10. The number of rotatable bonds is 37. The van der Waals surface area contributed by atoms with Gasteiger partial charge in [0, 0.05) is 19.5 Å². The molecule has 0 bridgehead atoms. The highest BCUT2D eigenvalue weighted by molar-refractivity contribution is 5.76. The van der Waals surface area contributed by atoms with Crippen molar-refractivity contribution >= 4 is 5.91 Å². The molecule has 0 rings (SSSR count). The van der Waals surface area contributed by atoms with Gasteiger partial charge in [-0.3, -0.25) is 4.79 Å². The second kappa shape index (κ2) is 39.1. The van der Waals surface area contributed by atoms with Crippen molar-refractivity contribution < 1.29 is 4.79 Å². The Morgan fingerprint density at radius 1 is 0.444 bits per heavy atom. The molecule has 0 atom stereocenters. The molecular formula is C42H82N2O. The minimum Gasteiger partial charge on any atom is -0.343 e. The van der Waals surface area contributed by atoms with Crippen molar-refractivity contribution in [1.82, 2.24) is 4.90 Å². The molecular weight excluding hydrogens is 548 g/mol. The Balaban J connectivity index is 3.44. The van der Waals surface area contributed by atoms with Crippen molar-refractivity contribution in [2.45, 2.75) is 219 Å². The molecule has 0 radical (unpaired) electrons. The summed E-state index contributed by atoms with van der Waals surface area (Å²) in [5, 5.41) is 0. The monoisotopic (exact) mass is 631 g/mol. The lowest BCUT2D eigenvalue weighted by Gasteiger charge is -2.21. The molecule has 0 aliphatic carbocycles. The fraction of sp³-hybridized carbons (Fsp3) is 0.881. The molecule has 0 unspecified atom stereocenters. The summed E-state index contributed by atoms with van der Waals surface area (Å²) < 4.78 is 0. The molecule has 0 fully saturated rings. The number of nitrogens with two attached hydrogens (primary N) is 1. The molecule has 0 aromatic heterocycles. The van der Waals surface area contributed by atoms with E-state index in [1.54, 1.807) is 0 Å². The second-order valence-electron chi connectivity index (χ2n) is 13.8. The van der Waals surface area contributed by atoms with E-state index in [0.717, 1.165) is 32.5 Å². The van der Waals surface area contributed by atoms with Crippen molar-refractivity contribution in [1.29, 1.82) is 0 Å². The van der Waals surface area contributed by atoms with Gasteiger partial charge >= 0.3 is 0 Å². The third kappa shape index (κ3) is 35.6. The first-order valence-corrected chi connectivity index (χ1v) is 20.5. The van der Waals surface area contributed by atoms with Crippen LogP contribution < -0.4 is 5.73 Å². The van der Waals surface area contributed by atoms with E-state index in [2.05, 4.69) is 43.1 Å². The standard InChI is InChI=1S/C42H82N2O/c1-3-5-6-7-8-9-10-11-12-13-14-15-18-21-24-27-30-33-36-39-42(45)44(4-2)41-38-35-32-29-26-23-20-17-16-19-22-25-28-31-34-37-40-43/h11-12,16-17H,3-10,13-15,18-41,43H2,1-2H3/b12-11-,17-16-. The lowest BCUT2D eigenvalue weighted by atomic mass is 10.0. The largest absolute Gasteiger partial charge is 0.343 e. The Morgan fingerprint density at radius 3 is 1.16 bits per heavy atom. The van der Waals surface area contributed by atoms with Crippen LogP contribution >= 0.6 is 0 Å². The molecule has 1 amide bonds. The third-order valence-electron chi connectivity index (χ3n) is 9.43. The summed E-state index contributed by atoms with van der Waals surface area (Å²) in [6, 6.07) is 0. The fourth-order valence-corrected chi connectivity index (χ4v) is 6.29. The molecule has 3 heteroatoms. The zero-order chi connectivity index (χ0) is 32.7. The van der Waals surface area contributed by atoms with Gasteiger partial charge in [-0.15, -0.1) is 0 Å². The molecule has 266 valence electrons. The Bertz CT molecular complexity index is 628. The SMILES string of the molecule is CCCCCCCC/C=C\CCCCCCCCCCCC(=O)N(CC)CCCCCCCC/C=C\CCCCCCCCN. The lowest BCUT2D eigenvalue weighted by Crippen LogP contribution is -2.31. The van der Waals surface area contributed by atoms with Gasteiger partial charge in [0.2, 0.25) is 5.91 Å². The van der Waals surface area contributed by atoms with Crippen LogP contribution in [-0.4, -0.2) is 30.4 Å². The number of nitrogens with zero attached hydrogens (tertiary/aromatic N) is 1. The first kappa shape index (κ1) is 43.9. The minimum absolute atomic E-state index is 0.386. The van der Waals surface area contributed by atoms with E-state index in [1.807, 2.05) is 0 Å². The van der Waals surface area contributed by atoms with Crippen LogP contribution in [0.5, 0.6) is 0 Å². The van der Waals surface area contributed by atoms with E-state index in [1.165, 1.54) is 193 Å². The van der Waals surface area contributed by atoms with E-state index in [-0.39, 0.29) is 0 Å². The molecule has 3 nitrogen and oxygen atoms in total. The number of hydrogen-bond acceptors (Lipinski definition) is 2. The van der Waals surface area contributed by atoms with E-state index in [0.29, 0.717) is 5.91 Å². The minimum atomic E-state index is 0.386. The van der Waals surface area contributed by atoms with Gasteiger partial charge in [0.1, 0.15) is 0 Å². The normalized spacial score (nSPS) is 11.8. The van der Waals surface area contributed by atoms with Crippen molar-refractivity contribution in [3.8, 4) is 0 Å².